The molecule has 0 N–H and O–H groups in total. The van der Waals surface area contributed by atoms with Gasteiger partial charge in [-0.15, -0.1) is 10.2 Å². The van der Waals surface area contributed by atoms with Crippen molar-refractivity contribution in [2.24, 2.45) is 0 Å². The Hall–Kier alpha value is -3.76. The maximum atomic E-state index is 13.0. The number of benzene rings is 1. The number of hydrogen-bond donors (Lipinski definition) is 0. The predicted octanol–water partition coefficient (Wildman–Crippen LogP) is 5.06. The first-order valence-electron chi connectivity index (χ1n) is 11.7. The van der Waals surface area contributed by atoms with Gasteiger partial charge in [-0.25, -0.2) is 9.97 Å². The Morgan fingerprint density at radius 3 is 2.49 bits per heavy atom. The Labute approximate surface area is 199 Å². The Bertz CT molecular complexity index is 1380. The summed E-state index contributed by atoms with van der Waals surface area (Å²) in [6, 6.07) is 5.37. The summed E-state index contributed by atoms with van der Waals surface area (Å²) in [4.78, 5) is 16.3. The van der Waals surface area contributed by atoms with Crippen molar-refractivity contribution in [3.8, 4) is 23.0 Å². The molecule has 3 aromatic heterocycles. The third-order valence-electron chi connectivity index (χ3n) is 6.89. The van der Waals surface area contributed by atoms with Gasteiger partial charge in [-0.3, -0.25) is 9.13 Å². The predicted molar refractivity (Wildman–Crippen MR) is 122 cm³/mol. The fraction of sp³-hybridized carbons (Fsp3) is 0.375. The van der Waals surface area contributed by atoms with Crippen molar-refractivity contribution in [3.05, 3.63) is 60.1 Å². The van der Waals surface area contributed by atoms with Gasteiger partial charge in [0.1, 0.15) is 17.3 Å². The molecular formula is C24H23F3N8. The minimum Gasteiger partial charge on any atom is -0.341 e. The summed E-state index contributed by atoms with van der Waals surface area (Å²) in [6.45, 7) is 4.05. The molecular weight excluding hydrogens is 457 g/mol. The molecule has 1 aliphatic carbocycles. The quantitative estimate of drug-likeness (QED) is 0.406. The van der Waals surface area contributed by atoms with Gasteiger partial charge in [0.05, 0.1) is 17.8 Å². The van der Waals surface area contributed by atoms with E-state index in [1.165, 1.54) is 18.6 Å². The van der Waals surface area contributed by atoms with Gasteiger partial charge < -0.3 is 4.90 Å². The maximum absolute atomic E-state index is 13.0. The zero-order chi connectivity index (χ0) is 24.3. The molecule has 4 heterocycles. The van der Waals surface area contributed by atoms with Gasteiger partial charge in [0.15, 0.2) is 11.6 Å². The van der Waals surface area contributed by atoms with E-state index >= 15 is 0 Å². The molecule has 11 heteroatoms. The minimum atomic E-state index is -4.39. The summed E-state index contributed by atoms with van der Waals surface area (Å²) < 4.78 is 42.8. The smallest absolute Gasteiger partial charge is 0.341 e. The number of imidazole rings is 1. The molecule has 0 amide bonds. The van der Waals surface area contributed by atoms with Crippen LogP contribution in [-0.2, 0) is 6.18 Å². The topological polar surface area (TPSA) is 77.5 Å². The third-order valence-corrected chi connectivity index (χ3v) is 6.89. The van der Waals surface area contributed by atoms with E-state index in [-0.39, 0.29) is 6.04 Å². The van der Waals surface area contributed by atoms with Crippen molar-refractivity contribution in [3.63, 3.8) is 0 Å². The van der Waals surface area contributed by atoms with E-state index in [1.54, 1.807) is 23.2 Å². The van der Waals surface area contributed by atoms with Gasteiger partial charge in [0.2, 0.25) is 5.95 Å². The number of aromatic nitrogens is 7. The molecule has 2 aliphatic rings. The summed E-state index contributed by atoms with van der Waals surface area (Å²) >= 11 is 0. The van der Waals surface area contributed by atoms with Crippen LogP contribution in [-0.4, -0.2) is 40.3 Å². The molecule has 1 fully saturated rings. The van der Waals surface area contributed by atoms with Crippen LogP contribution in [0.4, 0.5) is 19.0 Å². The van der Waals surface area contributed by atoms with Crippen LogP contribution in [0.5, 0.6) is 0 Å². The van der Waals surface area contributed by atoms with E-state index in [1.807, 2.05) is 11.5 Å². The minimum absolute atomic E-state index is 0.0499. The first-order chi connectivity index (χ1) is 16.9. The number of aryl methyl sites for hydroxylation is 1. The molecule has 0 saturated heterocycles. The molecule has 0 bridgehead atoms. The first kappa shape index (κ1) is 21.8. The Morgan fingerprint density at radius 1 is 1.06 bits per heavy atom. The Balaban J connectivity index is 1.46. The average molecular weight is 480 g/mol. The van der Waals surface area contributed by atoms with Crippen LogP contribution in [0.1, 0.15) is 55.9 Å². The summed E-state index contributed by atoms with van der Waals surface area (Å²) in [5, 5.41) is 8.79. The SMILES string of the molecule is CC[C@@H]1c2nnc(C)n2-c2cnc(-n3ccnc3-c3ccc(C(F)(F)F)cc3)nc2N1C1CCC1. The summed E-state index contributed by atoms with van der Waals surface area (Å²) in [5.41, 5.74) is 0.675. The van der Waals surface area contributed by atoms with Gasteiger partial charge in [-0.1, -0.05) is 19.1 Å². The van der Waals surface area contributed by atoms with Crippen molar-refractivity contribution in [1.29, 1.82) is 0 Å². The van der Waals surface area contributed by atoms with E-state index in [0.29, 0.717) is 23.4 Å². The lowest BCUT2D eigenvalue weighted by atomic mass is 9.89. The monoisotopic (exact) mass is 480 g/mol. The van der Waals surface area contributed by atoms with Crippen LogP contribution in [0.15, 0.2) is 42.9 Å². The van der Waals surface area contributed by atoms with Crippen LogP contribution in [0.25, 0.3) is 23.0 Å². The molecule has 0 spiro atoms. The molecule has 180 valence electrons. The third kappa shape index (κ3) is 3.40. The van der Waals surface area contributed by atoms with Crippen LogP contribution in [0.2, 0.25) is 0 Å². The molecule has 35 heavy (non-hydrogen) atoms. The van der Waals surface area contributed by atoms with Crippen LogP contribution in [0, 0.1) is 6.92 Å². The molecule has 1 aromatic carbocycles. The molecule has 1 atom stereocenters. The number of alkyl halides is 3. The van der Waals surface area contributed by atoms with Gasteiger partial charge in [-0.05, 0) is 44.7 Å². The molecule has 8 nitrogen and oxygen atoms in total. The standard InChI is InChI=1S/C24H23F3N8/c1-3-18-22-32-31-14(2)34(22)19-13-29-23(30-21(19)35(18)17-5-4-6-17)33-12-11-28-20(33)15-7-9-16(10-8-15)24(25,26)27/h7-13,17-18H,3-6H2,1-2H3/t18-/m1/s1. The van der Waals surface area contributed by atoms with Crippen molar-refractivity contribution in [1.82, 2.24) is 34.3 Å². The van der Waals surface area contributed by atoms with E-state index in [2.05, 4.69) is 32.0 Å². The number of nitrogens with zero attached hydrogens (tertiary/aromatic N) is 8. The van der Waals surface area contributed by atoms with E-state index in [0.717, 1.165) is 54.5 Å². The Kier molecular flexibility index (Phi) is 4.90. The number of halogens is 3. The van der Waals surface area contributed by atoms with Crippen molar-refractivity contribution < 1.29 is 13.2 Å². The molecule has 1 aliphatic heterocycles. The largest absolute Gasteiger partial charge is 0.416 e. The van der Waals surface area contributed by atoms with Gasteiger partial charge >= 0.3 is 6.18 Å². The lowest BCUT2D eigenvalue weighted by Gasteiger charge is -2.45. The fourth-order valence-corrected chi connectivity index (χ4v) is 4.94. The van der Waals surface area contributed by atoms with Crippen molar-refractivity contribution >= 4 is 5.82 Å². The van der Waals surface area contributed by atoms with E-state index in [9.17, 15) is 13.2 Å². The second-order valence-corrected chi connectivity index (χ2v) is 8.93. The highest BCUT2D eigenvalue weighted by atomic mass is 19.4. The van der Waals surface area contributed by atoms with Crippen LogP contribution >= 0.6 is 0 Å². The number of anilines is 1. The highest BCUT2D eigenvalue weighted by Crippen LogP contribution is 2.44. The average Bonchev–Trinajstić information content (AvgIpc) is 3.45. The highest BCUT2D eigenvalue weighted by Gasteiger charge is 2.40. The highest BCUT2D eigenvalue weighted by molar-refractivity contribution is 5.64. The summed E-state index contributed by atoms with van der Waals surface area (Å²) in [6.07, 6.45) is 4.90. The second kappa shape index (κ2) is 7.89. The number of hydrogen-bond acceptors (Lipinski definition) is 6. The van der Waals surface area contributed by atoms with Crippen LogP contribution in [0.3, 0.4) is 0 Å². The lowest BCUT2D eigenvalue weighted by Crippen LogP contribution is -2.46. The number of rotatable bonds is 4. The van der Waals surface area contributed by atoms with Crippen LogP contribution < -0.4 is 4.90 Å². The van der Waals surface area contributed by atoms with E-state index < -0.39 is 11.7 Å². The normalized spacial score (nSPS) is 17.7. The molecule has 0 radical (unpaired) electrons. The van der Waals surface area contributed by atoms with Gasteiger partial charge in [0.25, 0.3) is 0 Å². The molecule has 4 aromatic rings. The molecule has 1 saturated carbocycles. The Morgan fingerprint density at radius 2 is 1.83 bits per heavy atom. The van der Waals surface area contributed by atoms with Gasteiger partial charge in [-0.2, -0.15) is 18.2 Å². The zero-order valence-electron chi connectivity index (χ0n) is 19.2. The zero-order valence-corrected chi connectivity index (χ0v) is 19.2. The van der Waals surface area contributed by atoms with Gasteiger partial charge in [0, 0.05) is 24.0 Å². The molecule has 6 rings (SSSR count). The second-order valence-electron chi connectivity index (χ2n) is 8.93. The van der Waals surface area contributed by atoms with Crippen molar-refractivity contribution in [2.75, 3.05) is 4.90 Å². The van der Waals surface area contributed by atoms with Crippen molar-refractivity contribution in [2.45, 2.75) is 57.8 Å². The summed E-state index contributed by atoms with van der Waals surface area (Å²) in [7, 11) is 0. The number of fused-ring (bicyclic) bond motifs is 3. The first-order valence-corrected chi connectivity index (χ1v) is 11.7. The lowest BCUT2D eigenvalue weighted by molar-refractivity contribution is -0.137. The molecule has 0 unspecified atom stereocenters. The van der Waals surface area contributed by atoms with E-state index in [4.69, 9.17) is 4.98 Å². The maximum Gasteiger partial charge on any atom is 0.416 e. The fourth-order valence-electron chi connectivity index (χ4n) is 4.94. The summed E-state index contributed by atoms with van der Waals surface area (Å²) in [5.74, 6) is 3.36.